The lowest BCUT2D eigenvalue weighted by molar-refractivity contribution is -0.129. The van der Waals surface area contributed by atoms with Crippen LogP contribution in [-0.2, 0) is 16.0 Å². The molecular weight excluding hydrogens is 386 g/mol. The Morgan fingerprint density at radius 2 is 1.83 bits per heavy atom. The zero-order valence-corrected chi connectivity index (χ0v) is 17.5. The SMILES string of the molecule is COc1cc(C(=O)O[C@H](C)C(=O)N[C@H](C)CCc2ccccc2)cc2c1OCCO2. The minimum atomic E-state index is -0.934. The Kier molecular flexibility index (Phi) is 7.17. The molecule has 0 spiro atoms. The summed E-state index contributed by atoms with van der Waals surface area (Å²) in [6.07, 6.45) is 0.708. The first-order chi connectivity index (χ1) is 14.5. The quantitative estimate of drug-likeness (QED) is 0.670. The molecule has 1 amide bonds. The highest BCUT2D eigenvalue weighted by Gasteiger charge is 2.24. The molecule has 0 aliphatic carbocycles. The number of carbonyl (C=O) groups is 2. The van der Waals surface area contributed by atoms with E-state index in [2.05, 4.69) is 17.4 Å². The first-order valence-electron chi connectivity index (χ1n) is 10.0. The van der Waals surface area contributed by atoms with Gasteiger partial charge in [0.05, 0.1) is 12.7 Å². The second-order valence-corrected chi connectivity index (χ2v) is 7.18. The van der Waals surface area contributed by atoms with Crippen molar-refractivity contribution in [3.8, 4) is 17.2 Å². The molecule has 1 N–H and O–H groups in total. The Morgan fingerprint density at radius 1 is 1.10 bits per heavy atom. The largest absolute Gasteiger partial charge is 0.493 e. The molecule has 0 aromatic heterocycles. The lowest BCUT2D eigenvalue weighted by Gasteiger charge is -2.22. The van der Waals surface area contributed by atoms with Gasteiger partial charge in [-0.25, -0.2) is 4.79 Å². The third kappa shape index (κ3) is 5.43. The van der Waals surface area contributed by atoms with Gasteiger partial charge in [-0.15, -0.1) is 0 Å². The van der Waals surface area contributed by atoms with E-state index < -0.39 is 12.1 Å². The molecule has 160 valence electrons. The highest BCUT2D eigenvalue weighted by molar-refractivity contribution is 5.93. The van der Waals surface area contributed by atoms with Gasteiger partial charge in [0.1, 0.15) is 13.2 Å². The number of ether oxygens (including phenoxy) is 4. The maximum atomic E-state index is 12.6. The lowest BCUT2D eigenvalue weighted by atomic mass is 10.1. The number of hydrogen-bond donors (Lipinski definition) is 1. The Labute approximate surface area is 176 Å². The standard InChI is InChI=1S/C23H27NO6/c1-15(9-10-17-7-5-4-6-8-17)24-22(25)16(2)30-23(26)18-13-19(27-3)21-20(14-18)28-11-12-29-21/h4-8,13-16H,9-12H2,1-3H3,(H,24,25)/t15-,16-/m1/s1. The van der Waals surface area contributed by atoms with E-state index in [0.717, 1.165) is 12.8 Å². The van der Waals surface area contributed by atoms with E-state index in [4.69, 9.17) is 18.9 Å². The molecule has 0 fully saturated rings. The van der Waals surface area contributed by atoms with Crippen molar-refractivity contribution in [2.24, 2.45) is 0 Å². The predicted octanol–water partition coefficient (Wildman–Crippen LogP) is 3.15. The van der Waals surface area contributed by atoms with E-state index in [0.29, 0.717) is 30.5 Å². The molecule has 1 aliphatic heterocycles. The van der Waals surface area contributed by atoms with Gasteiger partial charge in [0.2, 0.25) is 5.75 Å². The summed E-state index contributed by atoms with van der Waals surface area (Å²) in [4.78, 5) is 25.0. The highest BCUT2D eigenvalue weighted by atomic mass is 16.6. The van der Waals surface area contributed by atoms with Gasteiger partial charge in [-0.05, 0) is 44.4 Å². The minimum absolute atomic E-state index is 0.0479. The van der Waals surface area contributed by atoms with Crippen LogP contribution in [0.3, 0.4) is 0 Å². The van der Waals surface area contributed by atoms with Gasteiger partial charge in [0.15, 0.2) is 17.6 Å². The van der Waals surface area contributed by atoms with Crippen molar-refractivity contribution in [2.75, 3.05) is 20.3 Å². The predicted molar refractivity (Wildman–Crippen MR) is 111 cm³/mol. The zero-order valence-electron chi connectivity index (χ0n) is 17.5. The molecule has 1 heterocycles. The topological polar surface area (TPSA) is 83.1 Å². The summed E-state index contributed by atoms with van der Waals surface area (Å²) in [5.74, 6) is 0.279. The Balaban J connectivity index is 1.55. The van der Waals surface area contributed by atoms with Crippen LogP contribution in [0.2, 0.25) is 0 Å². The van der Waals surface area contributed by atoms with Crippen molar-refractivity contribution in [1.29, 1.82) is 0 Å². The average Bonchev–Trinajstić information content (AvgIpc) is 2.77. The van der Waals surface area contributed by atoms with E-state index in [1.165, 1.54) is 24.8 Å². The molecule has 2 aromatic rings. The molecule has 0 saturated heterocycles. The van der Waals surface area contributed by atoms with Gasteiger partial charge in [0, 0.05) is 6.04 Å². The molecule has 0 saturated carbocycles. The molecule has 30 heavy (non-hydrogen) atoms. The number of hydrogen-bond acceptors (Lipinski definition) is 6. The molecule has 0 radical (unpaired) electrons. The van der Waals surface area contributed by atoms with Crippen molar-refractivity contribution in [3.05, 3.63) is 53.6 Å². The van der Waals surface area contributed by atoms with E-state index in [1.54, 1.807) is 6.92 Å². The van der Waals surface area contributed by atoms with Crippen LogP contribution >= 0.6 is 0 Å². The minimum Gasteiger partial charge on any atom is -0.493 e. The monoisotopic (exact) mass is 413 g/mol. The fraction of sp³-hybridized carbons (Fsp3) is 0.391. The molecular formula is C23H27NO6. The summed E-state index contributed by atoms with van der Waals surface area (Å²) >= 11 is 0. The van der Waals surface area contributed by atoms with Crippen LogP contribution < -0.4 is 19.5 Å². The van der Waals surface area contributed by atoms with Crippen LogP contribution in [0.4, 0.5) is 0 Å². The number of benzene rings is 2. The summed E-state index contributed by atoms with van der Waals surface area (Å²) in [7, 11) is 1.48. The van der Waals surface area contributed by atoms with Gasteiger partial charge in [0.25, 0.3) is 5.91 Å². The fourth-order valence-electron chi connectivity index (χ4n) is 3.13. The Bertz CT molecular complexity index is 866. The number of methoxy groups -OCH3 is 1. The maximum Gasteiger partial charge on any atom is 0.339 e. The van der Waals surface area contributed by atoms with Gasteiger partial charge >= 0.3 is 5.97 Å². The molecule has 3 rings (SSSR count). The summed E-state index contributed by atoms with van der Waals surface area (Å²) < 4.78 is 21.7. The molecule has 2 aromatic carbocycles. The molecule has 1 aliphatic rings. The second kappa shape index (κ2) is 10.0. The molecule has 2 atom stereocenters. The summed E-state index contributed by atoms with van der Waals surface area (Å²) in [6, 6.07) is 13.1. The van der Waals surface area contributed by atoms with Crippen LogP contribution in [-0.4, -0.2) is 44.3 Å². The molecule has 0 bridgehead atoms. The summed E-state index contributed by atoms with van der Waals surface area (Å²) in [5, 5.41) is 2.89. The van der Waals surface area contributed by atoms with Crippen molar-refractivity contribution < 1.29 is 28.5 Å². The maximum absolute atomic E-state index is 12.6. The third-order valence-electron chi connectivity index (χ3n) is 4.81. The van der Waals surface area contributed by atoms with E-state index in [-0.39, 0.29) is 17.5 Å². The van der Waals surface area contributed by atoms with E-state index in [1.807, 2.05) is 25.1 Å². The first-order valence-corrected chi connectivity index (χ1v) is 10.0. The number of esters is 1. The third-order valence-corrected chi connectivity index (χ3v) is 4.81. The number of nitrogens with one attached hydrogen (secondary N) is 1. The van der Waals surface area contributed by atoms with Crippen LogP contribution in [0.25, 0.3) is 0 Å². The Morgan fingerprint density at radius 3 is 2.57 bits per heavy atom. The van der Waals surface area contributed by atoms with E-state index in [9.17, 15) is 9.59 Å². The zero-order chi connectivity index (χ0) is 21.5. The van der Waals surface area contributed by atoms with Crippen molar-refractivity contribution >= 4 is 11.9 Å². The summed E-state index contributed by atoms with van der Waals surface area (Å²) in [6.45, 7) is 4.27. The van der Waals surface area contributed by atoms with Crippen molar-refractivity contribution in [2.45, 2.75) is 38.8 Å². The number of fused-ring (bicyclic) bond motifs is 1. The number of aryl methyl sites for hydroxylation is 1. The fourth-order valence-corrected chi connectivity index (χ4v) is 3.13. The molecule has 0 unspecified atom stereocenters. The lowest BCUT2D eigenvalue weighted by Crippen LogP contribution is -2.41. The first kappa shape index (κ1) is 21.5. The smallest absolute Gasteiger partial charge is 0.339 e. The second-order valence-electron chi connectivity index (χ2n) is 7.18. The van der Waals surface area contributed by atoms with Crippen molar-refractivity contribution in [3.63, 3.8) is 0 Å². The van der Waals surface area contributed by atoms with Crippen LogP contribution in [0.1, 0.15) is 36.2 Å². The summed E-state index contributed by atoms with van der Waals surface area (Å²) in [5.41, 5.74) is 1.44. The van der Waals surface area contributed by atoms with Crippen LogP contribution in [0, 0.1) is 0 Å². The van der Waals surface area contributed by atoms with Gasteiger partial charge in [-0.2, -0.15) is 0 Å². The average molecular weight is 413 g/mol. The normalized spacial score (nSPS) is 14.4. The van der Waals surface area contributed by atoms with Gasteiger partial charge in [-0.1, -0.05) is 30.3 Å². The van der Waals surface area contributed by atoms with E-state index >= 15 is 0 Å². The Hall–Kier alpha value is -3.22. The van der Waals surface area contributed by atoms with Crippen molar-refractivity contribution in [1.82, 2.24) is 5.32 Å². The molecule has 7 nitrogen and oxygen atoms in total. The van der Waals surface area contributed by atoms with Gasteiger partial charge in [-0.3, -0.25) is 4.79 Å². The number of amides is 1. The van der Waals surface area contributed by atoms with Crippen LogP contribution in [0.5, 0.6) is 17.2 Å². The number of rotatable bonds is 8. The molecule has 7 heteroatoms. The van der Waals surface area contributed by atoms with Crippen LogP contribution in [0.15, 0.2) is 42.5 Å². The highest BCUT2D eigenvalue weighted by Crippen LogP contribution is 2.40. The number of carbonyl (C=O) groups excluding carboxylic acids is 2. The van der Waals surface area contributed by atoms with Gasteiger partial charge < -0.3 is 24.3 Å².